The van der Waals surface area contributed by atoms with Gasteiger partial charge in [0.05, 0.1) is 6.04 Å². The maximum absolute atomic E-state index is 12.1. The van der Waals surface area contributed by atoms with Crippen LogP contribution in [0.15, 0.2) is 24.3 Å². The third-order valence-electron chi connectivity index (χ3n) is 4.90. The highest BCUT2D eigenvalue weighted by atomic mass is 35.5. The molecule has 2 heterocycles. The molecule has 0 saturated carbocycles. The van der Waals surface area contributed by atoms with Crippen molar-refractivity contribution < 1.29 is 4.79 Å². The van der Waals surface area contributed by atoms with E-state index in [0.717, 1.165) is 63.7 Å². The highest BCUT2D eigenvalue weighted by Crippen LogP contribution is 2.20. The van der Waals surface area contributed by atoms with E-state index in [-0.39, 0.29) is 49.2 Å². The van der Waals surface area contributed by atoms with Crippen molar-refractivity contribution in [2.75, 3.05) is 50.7 Å². The fourth-order valence-corrected chi connectivity index (χ4v) is 3.62. The molecule has 2 N–H and O–H groups in total. The van der Waals surface area contributed by atoms with E-state index < -0.39 is 0 Å². The second-order valence-electron chi connectivity index (χ2n) is 6.60. The molecule has 1 aromatic carbocycles. The van der Waals surface area contributed by atoms with Gasteiger partial charge in [0.15, 0.2) is 0 Å². The van der Waals surface area contributed by atoms with Crippen LogP contribution < -0.4 is 15.5 Å². The molecule has 0 spiro atoms. The van der Waals surface area contributed by atoms with Crippen LogP contribution in [0.25, 0.3) is 0 Å². The van der Waals surface area contributed by atoms with Gasteiger partial charge < -0.3 is 15.5 Å². The molecule has 2 aliphatic rings. The minimum Gasteiger partial charge on any atom is -0.369 e. The zero-order valence-electron chi connectivity index (χ0n) is 15.4. The number of benzene rings is 1. The Morgan fingerprint density at radius 2 is 1.89 bits per heavy atom. The van der Waals surface area contributed by atoms with Crippen LogP contribution in [0, 0.1) is 0 Å². The number of rotatable bonds is 5. The van der Waals surface area contributed by atoms with Crippen LogP contribution in [0.3, 0.4) is 0 Å². The Hall–Kier alpha value is -0.430. The van der Waals surface area contributed by atoms with Crippen molar-refractivity contribution in [3.05, 3.63) is 29.3 Å². The molecule has 1 atom stereocenters. The largest absolute Gasteiger partial charge is 0.369 e. The maximum atomic E-state index is 12.1. The van der Waals surface area contributed by atoms with Gasteiger partial charge >= 0.3 is 0 Å². The molecule has 2 aliphatic heterocycles. The van der Waals surface area contributed by atoms with Crippen molar-refractivity contribution in [1.82, 2.24) is 15.5 Å². The standard InChI is InChI=1S/C18H27ClN4O.3ClH/c19-15-4-3-5-16(14-15)23-12-10-22(11-13-23)9-8-21-18(24)17-6-1-2-7-20-17;;;/h3-5,14,17,20H,1-2,6-13H2,(H,21,24);3*1H/t17-;;;/m1.../s1. The van der Waals surface area contributed by atoms with E-state index in [2.05, 4.69) is 26.5 Å². The molecule has 2 saturated heterocycles. The summed E-state index contributed by atoms with van der Waals surface area (Å²) in [6, 6.07) is 8.05. The lowest BCUT2D eigenvalue weighted by molar-refractivity contribution is -0.123. The van der Waals surface area contributed by atoms with Gasteiger partial charge in [-0.05, 0) is 37.6 Å². The van der Waals surface area contributed by atoms with Crippen LogP contribution in [0.4, 0.5) is 5.69 Å². The molecular weight excluding hydrogens is 430 g/mol. The Morgan fingerprint density at radius 3 is 2.52 bits per heavy atom. The minimum absolute atomic E-state index is 0. The number of nitrogens with zero attached hydrogens (tertiary/aromatic N) is 2. The molecule has 0 bridgehead atoms. The Kier molecular flexibility index (Phi) is 13.5. The summed E-state index contributed by atoms with van der Waals surface area (Å²) < 4.78 is 0. The van der Waals surface area contributed by atoms with Gasteiger partial charge in [0.1, 0.15) is 0 Å². The average Bonchev–Trinajstić information content (AvgIpc) is 2.63. The monoisotopic (exact) mass is 458 g/mol. The highest BCUT2D eigenvalue weighted by molar-refractivity contribution is 6.30. The zero-order valence-corrected chi connectivity index (χ0v) is 18.6. The second-order valence-corrected chi connectivity index (χ2v) is 7.04. The summed E-state index contributed by atoms with van der Waals surface area (Å²) in [4.78, 5) is 16.9. The Labute approximate surface area is 185 Å². The molecule has 1 aromatic rings. The summed E-state index contributed by atoms with van der Waals surface area (Å²) in [5.74, 6) is 0.160. The van der Waals surface area contributed by atoms with Crippen LogP contribution in [0.5, 0.6) is 0 Å². The van der Waals surface area contributed by atoms with E-state index in [9.17, 15) is 4.79 Å². The first-order chi connectivity index (χ1) is 11.7. The molecule has 5 nitrogen and oxygen atoms in total. The fourth-order valence-electron chi connectivity index (χ4n) is 3.44. The third-order valence-corrected chi connectivity index (χ3v) is 5.13. The van der Waals surface area contributed by atoms with Crippen LogP contribution in [-0.2, 0) is 4.79 Å². The topological polar surface area (TPSA) is 47.6 Å². The number of amides is 1. The third kappa shape index (κ3) is 8.22. The number of nitrogens with one attached hydrogen (secondary N) is 2. The van der Waals surface area contributed by atoms with E-state index >= 15 is 0 Å². The molecular formula is C18H30Cl4N4O. The van der Waals surface area contributed by atoms with Gasteiger partial charge in [-0.3, -0.25) is 9.69 Å². The molecule has 156 valence electrons. The molecule has 27 heavy (non-hydrogen) atoms. The summed E-state index contributed by atoms with van der Waals surface area (Å²) in [6.07, 6.45) is 3.29. The maximum Gasteiger partial charge on any atom is 0.237 e. The van der Waals surface area contributed by atoms with Crippen LogP contribution >= 0.6 is 48.8 Å². The quantitative estimate of drug-likeness (QED) is 0.710. The second kappa shape index (κ2) is 13.7. The number of piperidine rings is 1. The lowest BCUT2D eigenvalue weighted by Crippen LogP contribution is -2.51. The van der Waals surface area contributed by atoms with Gasteiger partial charge in [-0.15, -0.1) is 37.2 Å². The Morgan fingerprint density at radius 1 is 1.15 bits per heavy atom. The van der Waals surface area contributed by atoms with E-state index in [1.54, 1.807) is 0 Å². The van der Waals surface area contributed by atoms with Gasteiger partial charge in [-0.1, -0.05) is 24.1 Å². The molecule has 1 amide bonds. The summed E-state index contributed by atoms with van der Waals surface area (Å²) >= 11 is 6.07. The number of halogens is 4. The van der Waals surface area contributed by atoms with Crippen LogP contribution in [0.2, 0.25) is 5.02 Å². The summed E-state index contributed by atoms with van der Waals surface area (Å²) in [5, 5.41) is 7.15. The predicted octanol–water partition coefficient (Wildman–Crippen LogP) is 2.99. The Bertz CT molecular complexity index is 550. The molecule has 0 aliphatic carbocycles. The first-order valence-corrected chi connectivity index (χ1v) is 9.34. The van der Waals surface area contributed by atoms with Crippen molar-refractivity contribution in [1.29, 1.82) is 0 Å². The summed E-state index contributed by atoms with van der Waals surface area (Å²) in [6.45, 7) is 6.64. The van der Waals surface area contributed by atoms with Crippen molar-refractivity contribution in [3.8, 4) is 0 Å². The minimum atomic E-state index is 0. The molecule has 0 unspecified atom stereocenters. The van der Waals surface area contributed by atoms with Crippen molar-refractivity contribution in [2.24, 2.45) is 0 Å². The van der Waals surface area contributed by atoms with Crippen molar-refractivity contribution in [2.45, 2.75) is 25.3 Å². The number of hydrogen-bond donors (Lipinski definition) is 2. The number of anilines is 1. The molecule has 0 aromatic heterocycles. The fraction of sp³-hybridized carbons (Fsp3) is 0.611. The van der Waals surface area contributed by atoms with Crippen molar-refractivity contribution in [3.63, 3.8) is 0 Å². The Balaban J connectivity index is 0.00000225. The van der Waals surface area contributed by atoms with Gasteiger partial charge in [-0.25, -0.2) is 0 Å². The normalized spacial score (nSPS) is 19.9. The zero-order chi connectivity index (χ0) is 16.8. The van der Waals surface area contributed by atoms with Gasteiger partial charge in [0.2, 0.25) is 5.91 Å². The van der Waals surface area contributed by atoms with Gasteiger partial charge in [0, 0.05) is 50.0 Å². The molecule has 0 radical (unpaired) electrons. The van der Waals surface area contributed by atoms with Crippen LogP contribution in [-0.4, -0.2) is 62.7 Å². The van der Waals surface area contributed by atoms with Crippen molar-refractivity contribution >= 4 is 60.4 Å². The van der Waals surface area contributed by atoms with E-state index in [1.165, 1.54) is 12.1 Å². The highest BCUT2D eigenvalue weighted by Gasteiger charge is 2.21. The molecule has 9 heteroatoms. The first kappa shape index (κ1) is 26.6. The smallest absolute Gasteiger partial charge is 0.237 e. The molecule has 2 fully saturated rings. The van der Waals surface area contributed by atoms with Gasteiger partial charge in [0.25, 0.3) is 0 Å². The average molecular weight is 460 g/mol. The first-order valence-electron chi connectivity index (χ1n) is 8.96. The number of carbonyl (C=O) groups is 1. The number of hydrogen-bond acceptors (Lipinski definition) is 4. The van der Waals surface area contributed by atoms with E-state index in [0.29, 0.717) is 0 Å². The lowest BCUT2D eigenvalue weighted by Gasteiger charge is -2.36. The van der Waals surface area contributed by atoms with E-state index in [4.69, 9.17) is 11.6 Å². The summed E-state index contributed by atoms with van der Waals surface area (Å²) in [7, 11) is 0. The van der Waals surface area contributed by atoms with Crippen LogP contribution in [0.1, 0.15) is 19.3 Å². The SMILES string of the molecule is Cl.Cl.Cl.O=C(NCCN1CCN(c2cccc(Cl)c2)CC1)[C@H]1CCCCN1. The lowest BCUT2D eigenvalue weighted by atomic mass is 10.0. The molecule has 3 rings (SSSR count). The number of carbonyl (C=O) groups excluding carboxylic acids is 1. The van der Waals surface area contributed by atoms with E-state index in [1.807, 2.05) is 18.2 Å². The number of piperazine rings is 1. The summed E-state index contributed by atoms with van der Waals surface area (Å²) in [5.41, 5.74) is 1.19. The van der Waals surface area contributed by atoms with Gasteiger partial charge in [-0.2, -0.15) is 0 Å². The predicted molar refractivity (Wildman–Crippen MR) is 121 cm³/mol.